The first-order valence-electron chi connectivity index (χ1n) is 17.2. The average molecular weight is 769 g/mol. The van der Waals surface area contributed by atoms with Crippen molar-refractivity contribution in [3.63, 3.8) is 0 Å². The molecule has 54 heavy (non-hydrogen) atoms. The Balaban J connectivity index is 1.50. The van der Waals surface area contributed by atoms with Crippen molar-refractivity contribution in [2.45, 2.75) is 75.8 Å². The maximum absolute atomic E-state index is 13.9. The van der Waals surface area contributed by atoms with Gasteiger partial charge in [-0.05, 0) is 41.7 Å². The summed E-state index contributed by atoms with van der Waals surface area (Å²) in [5.41, 5.74) is 6.89. The molecule has 1 aliphatic rings. The van der Waals surface area contributed by atoms with Crippen molar-refractivity contribution >= 4 is 54.0 Å². The number of hydrogen-bond donors (Lipinski definition) is 8. The highest BCUT2D eigenvalue weighted by Gasteiger charge is 2.41. The number of aliphatic hydroxyl groups is 1. The van der Waals surface area contributed by atoms with Crippen LogP contribution in [0.3, 0.4) is 0 Å². The van der Waals surface area contributed by atoms with E-state index in [2.05, 4.69) is 25.8 Å². The highest BCUT2D eigenvalue weighted by molar-refractivity contribution is 7.46. The van der Waals surface area contributed by atoms with E-state index in [1.165, 1.54) is 13.8 Å². The van der Waals surface area contributed by atoms with Gasteiger partial charge in [0, 0.05) is 26.3 Å². The first-order valence-corrected chi connectivity index (χ1v) is 18.7. The van der Waals surface area contributed by atoms with Crippen LogP contribution in [0.5, 0.6) is 0 Å². The Kier molecular flexibility index (Phi) is 14.4. The molecule has 6 atom stereocenters. The Hall–Kier alpha value is -5.19. The molecule has 0 radical (unpaired) electrons. The van der Waals surface area contributed by atoms with E-state index in [9.17, 15) is 48.2 Å². The van der Waals surface area contributed by atoms with E-state index in [0.717, 1.165) is 15.7 Å². The smallest absolute Gasteiger partial charge is 0.391 e. The summed E-state index contributed by atoms with van der Waals surface area (Å²) in [6, 6.07) is 14.7. The number of nitrogens with two attached hydrogens (primary N) is 1. The van der Waals surface area contributed by atoms with Crippen molar-refractivity contribution in [1.82, 2.24) is 26.2 Å². The number of fused-ring (bicyclic) bond motifs is 1. The summed E-state index contributed by atoms with van der Waals surface area (Å²) in [5.74, 6) is -4.97. The minimum atomic E-state index is -5.15. The summed E-state index contributed by atoms with van der Waals surface area (Å²) in [7, 11) is -5.15. The van der Waals surface area contributed by atoms with Gasteiger partial charge in [-0.3, -0.25) is 33.3 Å². The molecule has 0 aliphatic carbocycles. The number of benzene rings is 3. The topological polar surface area (TPSA) is 267 Å². The van der Waals surface area contributed by atoms with Crippen molar-refractivity contribution in [3.8, 4) is 0 Å². The van der Waals surface area contributed by atoms with Gasteiger partial charge >= 0.3 is 7.82 Å². The molecule has 0 bridgehead atoms. The van der Waals surface area contributed by atoms with Crippen molar-refractivity contribution in [3.05, 3.63) is 83.9 Å². The number of carbonyl (C=O) groups is 6. The number of rotatable bonds is 17. The number of nitrogens with zero attached hydrogens (tertiary/aromatic N) is 1. The fraction of sp³-hybridized carbons (Fsp3) is 0.389. The van der Waals surface area contributed by atoms with Crippen LogP contribution in [-0.4, -0.2) is 105 Å². The summed E-state index contributed by atoms with van der Waals surface area (Å²) >= 11 is 0. The van der Waals surface area contributed by atoms with Gasteiger partial charge in [0.15, 0.2) is 0 Å². The molecule has 1 fully saturated rings. The Bertz CT molecular complexity index is 1890. The molecule has 1 heterocycles. The zero-order valence-electron chi connectivity index (χ0n) is 29.7. The van der Waals surface area contributed by atoms with Gasteiger partial charge in [-0.15, -0.1) is 0 Å². The van der Waals surface area contributed by atoms with Crippen LogP contribution in [0.15, 0.2) is 72.8 Å². The van der Waals surface area contributed by atoms with Gasteiger partial charge in [-0.25, -0.2) is 4.57 Å². The van der Waals surface area contributed by atoms with Gasteiger partial charge in [0.1, 0.15) is 30.2 Å². The van der Waals surface area contributed by atoms with Crippen LogP contribution in [0, 0.1) is 0 Å². The van der Waals surface area contributed by atoms with E-state index in [-0.39, 0.29) is 25.8 Å². The van der Waals surface area contributed by atoms with Gasteiger partial charge in [0.25, 0.3) is 0 Å². The SMILES string of the molecule is CC(=O)N[C@@H](Cc1ccc2ccccc2c1)C(=O)N[C@@H](COP(=O)(O)O)C(=O)N1CCC[C@H]1C(=O)N[C@H](C(=O)N[C@@H](Cc1ccccc1)C(N)=O)[C@@H](C)O. The zero-order valence-corrected chi connectivity index (χ0v) is 30.6. The van der Waals surface area contributed by atoms with E-state index < -0.39 is 86.2 Å². The molecule has 18 heteroatoms. The predicted molar refractivity (Wildman–Crippen MR) is 195 cm³/mol. The third-order valence-corrected chi connectivity index (χ3v) is 9.30. The lowest BCUT2D eigenvalue weighted by atomic mass is 10.0. The third-order valence-electron chi connectivity index (χ3n) is 8.82. The van der Waals surface area contributed by atoms with E-state index >= 15 is 0 Å². The molecule has 0 saturated carbocycles. The number of amides is 6. The molecular weight excluding hydrogens is 723 g/mol. The second-order valence-corrected chi connectivity index (χ2v) is 14.3. The minimum Gasteiger partial charge on any atom is -0.391 e. The maximum Gasteiger partial charge on any atom is 0.469 e. The molecule has 0 aromatic heterocycles. The molecule has 3 aromatic rings. The molecule has 4 rings (SSSR count). The summed E-state index contributed by atoms with van der Waals surface area (Å²) in [6.45, 7) is 1.44. The number of phosphoric acid groups is 1. The average Bonchev–Trinajstić information content (AvgIpc) is 3.61. The molecule has 9 N–H and O–H groups in total. The minimum absolute atomic E-state index is 0.00396. The lowest BCUT2D eigenvalue weighted by Crippen LogP contribution is -2.61. The Labute approximate surface area is 311 Å². The highest BCUT2D eigenvalue weighted by Crippen LogP contribution is 2.36. The number of likely N-dealkylation sites (tertiary alicyclic amines) is 1. The molecule has 17 nitrogen and oxygen atoms in total. The molecule has 0 unspecified atom stereocenters. The fourth-order valence-corrected chi connectivity index (χ4v) is 6.51. The molecule has 1 aliphatic heterocycles. The Morgan fingerprint density at radius 3 is 2.09 bits per heavy atom. The predicted octanol–water partition coefficient (Wildman–Crippen LogP) is -0.449. The quantitative estimate of drug-likeness (QED) is 0.0816. The fourth-order valence-electron chi connectivity index (χ4n) is 6.17. The van der Waals surface area contributed by atoms with E-state index in [1.807, 2.05) is 36.4 Å². The summed E-state index contributed by atoms with van der Waals surface area (Å²) < 4.78 is 16.3. The molecule has 0 spiro atoms. The Morgan fingerprint density at radius 2 is 1.46 bits per heavy atom. The van der Waals surface area contributed by atoms with Crippen LogP contribution < -0.4 is 27.0 Å². The second kappa shape index (κ2) is 18.7. The lowest BCUT2D eigenvalue weighted by molar-refractivity contribution is -0.143. The Morgan fingerprint density at radius 1 is 0.833 bits per heavy atom. The highest BCUT2D eigenvalue weighted by atomic mass is 31.2. The van der Waals surface area contributed by atoms with E-state index in [0.29, 0.717) is 17.5 Å². The second-order valence-electron chi connectivity index (χ2n) is 13.1. The lowest BCUT2D eigenvalue weighted by Gasteiger charge is -2.31. The largest absolute Gasteiger partial charge is 0.469 e. The first-order chi connectivity index (χ1) is 25.5. The maximum atomic E-state index is 13.9. The third kappa shape index (κ3) is 11.9. The summed E-state index contributed by atoms with van der Waals surface area (Å²) in [6.07, 6.45) is -1.02. The van der Waals surface area contributed by atoms with Crippen LogP contribution >= 0.6 is 7.82 Å². The number of nitrogens with one attached hydrogen (secondary N) is 4. The van der Waals surface area contributed by atoms with Gasteiger partial charge < -0.3 is 46.8 Å². The zero-order chi connectivity index (χ0) is 39.6. The van der Waals surface area contributed by atoms with Crippen LogP contribution in [0.25, 0.3) is 10.8 Å². The normalized spacial score (nSPS) is 17.1. The number of carbonyl (C=O) groups excluding carboxylic acids is 6. The molecule has 3 aromatic carbocycles. The van der Waals surface area contributed by atoms with Gasteiger partial charge in [0.05, 0.1) is 12.7 Å². The van der Waals surface area contributed by atoms with Crippen molar-refractivity contribution in [1.29, 1.82) is 0 Å². The van der Waals surface area contributed by atoms with Crippen LogP contribution in [0.1, 0.15) is 37.8 Å². The van der Waals surface area contributed by atoms with Gasteiger partial charge in [-0.1, -0.05) is 72.8 Å². The van der Waals surface area contributed by atoms with E-state index in [1.54, 1.807) is 36.4 Å². The number of hydrogen-bond acceptors (Lipinski definition) is 9. The van der Waals surface area contributed by atoms with Crippen molar-refractivity contribution in [2.24, 2.45) is 5.73 Å². The van der Waals surface area contributed by atoms with Gasteiger partial charge in [0.2, 0.25) is 35.4 Å². The monoisotopic (exact) mass is 768 g/mol. The van der Waals surface area contributed by atoms with Crippen molar-refractivity contribution in [2.75, 3.05) is 13.2 Å². The summed E-state index contributed by atoms with van der Waals surface area (Å²) in [5, 5.41) is 22.1. The van der Waals surface area contributed by atoms with Crippen LogP contribution in [0.2, 0.25) is 0 Å². The number of aliphatic hydroxyl groups excluding tert-OH is 1. The summed E-state index contributed by atoms with van der Waals surface area (Å²) in [4.78, 5) is 98.6. The van der Waals surface area contributed by atoms with Crippen LogP contribution in [0.4, 0.5) is 0 Å². The molecule has 290 valence electrons. The number of primary amides is 1. The molecule has 1 saturated heterocycles. The first kappa shape index (κ1) is 41.6. The number of phosphoric ester groups is 1. The van der Waals surface area contributed by atoms with Crippen molar-refractivity contribution < 1.29 is 52.7 Å². The molecule has 6 amide bonds. The standard InChI is InChI=1S/C36H45N6O11P/c1-21(43)31(35(48)39-27(32(37)45)18-23-9-4-3-5-10-23)41-34(47)30-13-8-16-42(30)36(49)29(20-53-54(50,51)52)40-33(46)28(38-22(2)44)19-24-14-15-25-11-6-7-12-26(25)17-24/h3-7,9-12,14-15,17,21,27-31,43H,8,13,16,18-20H2,1-2H3,(H2,37,45)(H,38,44)(H,39,48)(H,40,46)(H,41,47)(H2,50,51,52)/t21-,27+,28+,29+,30+,31+/m1/s1. The molecular formula is C36H45N6O11P. The van der Waals surface area contributed by atoms with Crippen LogP contribution in [-0.2, 0) is 50.7 Å². The van der Waals surface area contributed by atoms with Gasteiger partial charge in [-0.2, -0.15) is 0 Å². The van der Waals surface area contributed by atoms with E-state index in [4.69, 9.17) is 5.73 Å².